The average molecular weight is 575 g/mol. The molecule has 5 heterocycles. The summed E-state index contributed by atoms with van der Waals surface area (Å²) in [6.07, 6.45) is 2.75. The van der Waals surface area contributed by atoms with E-state index in [2.05, 4.69) is 0 Å². The number of ether oxygens (including phenoxy) is 5. The summed E-state index contributed by atoms with van der Waals surface area (Å²) in [7, 11) is 1.35. The number of methoxy groups -OCH3 is 1. The first-order valence-corrected chi connectivity index (χ1v) is 14.3. The Balaban J connectivity index is 1.44. The van der Waals surface area contributed by atoms with Crippen LogP contribution in [-0.4, -0.2) is 81.7 Å². The van der Waals surface area contributed by atoms with Gasteiger partial charge in [0.2, 0.25) is 11.6 Å². The van der Waals surface area contributed by atoms with Crippen molar-refractivity contribution >= 4 is 23.5 Å². The summed E-state index contributed by atoms with van der Waals surface area (Å²) < 4.78 is 29.9. The average Bonchev–Trinajstić information content (AvgIpc) is 3.45. The predicted molar refractivity (Wildman–Crippen MR) is 139 cm³/mol. The van der Waals surface area contributed by atoms with Crippen molar-refractivity contribution in [3.8, 4) is 0 Å². The van der Waals surface area contributed by atoms with Crippen molar-refractivity contribution in [1.29, 1.82) is 0 Å². The lowest BCUT2D eigenvalue weighted by molar-refractivity contribution is -0.254. The summed E-state index contributed by atoms with van der Waals surface area (Å²) in [6, 6.07) is 0. The highest BCUT2D eigenvalue weighted by molar-refractivity contribution is 5.98. The van der Waals surface area contributed by atoms with Crippen molar-refractivity contribution in [2.75, 3.05) is 13.7 Å². The minimum atomic E-state index is -2.04. The maximum absolute atomic E-state index is 14.2. The summed E-state index contributed by atoms with van der Waals surface area (Å²) >= 11 is 0. The fourth-order valence-electron chi connectivity index (χ4n) is 8.72. The van der Waals surface area contributed by atoms with Gasteiger partial charge in [0.25, 0.3) is 0 Å². The number of Topliss-reactive ketones (excluding diaryl/α,β-unsaturated/α-hetero) is 2. The zero-order chi connectivity index (χ0) is 29.8. The number of hydrogen-bond acceptors (Lipinski definition) is 11. The number of carbonyl (C=O) groups excluding carboxylic acids is 4. The summed E-state index contributed by atoms with van der Waals surface area (Å²) in [5, 5.41) is 22.7. The third kappa shape index (κ3) is 3.68. The number of rotatable bonds is 5. The highest BCUT2D eigenvalue weighted by Crippen LogP contribution is 2.66. The Morgan fingerprint density at radius 2 is 1.93 bits per heavy atom. The van der Waals surface area contributed by atoms with E-state index in [0.717, 1.165) is 0 Å². The third-order valence-corrected chi connectivity index (χ3v) is 10.8. The molecule has 0 aromatic heterocycles. The monoisotopic (exact) mass is 574 g/mol. The second-order valence-corrected chi connectivity index (χ2v) is 13.4. The molecule has 0 radical (unpaired) electrons. The molecule has 11 heteroatoms. The van der Waals surface area contributed by atoms with E-state index >= 15 is 0 Å². The van der Waals surface area contributed by atoms with E-state index in [1.54, 1.807) is 39.8 Å². The molecule has 11 nitrogen and oxygen atoms in total. The molecule has 4 saturated heterocycles. The van der Waals surface area contributed by atoms with Gasteiger partial charge in [-0.15, -0.1) is 0 Å². The van der Waals surface area contributed by atoms with E-state index < -0.39 is 69.3 Å². The van der Waals surface area contributed by atoms with Crippen molar-refractivity contribution < 1.29 is 53.1 Å². The van der Waals surface area contributed by atoms with Crippen molar-refractivity contribution in [2.45, 2.75) is 107 Å². The Morgan fingerprint density at radius 1 is 1.20 bits per heavy atom. The molecular weight excluding hydrogens is 536 g/mol. The molecule has 1 saturated carbocycles. The molecule has 5 fully saturated rings. The summed E-state index contributed by atoms with van der Waals surface area (Å²) in [6.45, 7) is 6.55. The Morgan fingerprint density at radius 3 is 2.56 bits per heavy atom. The fraction of sp³-hybridized carbons (Fsp3) is 0.733. The lowest BCUT2D eigenvalue weighted by Crippen LogP contribution is -2.61. The number of hydrogen-bond donors (Lipinski definition) is 2. The third-order valence-electron chi connectivity index (χ3n) is 10.8. The van der Waals surface area contributed by atoms with Gasteiger partial charge >= 0.3 is 11.9 Å². The molecule has 41 heavy (non-hydrogen) atoms. The second kappa shape index (κ2) is 8.79. The number of ketones is 2. The Hall–Kier alpha value is -2.44. The quantitative estimate of drug-likeness (QED) is 0.462. The van der Waals surface area contributed by atoms with Crippen LogP contribution in [0.2, 0.25) is 0 Å². The van der Waals surface area contributed by atoms with Crippen LogP contribution >= 0.6 is 0 Å². The lowest BCUT2D eigenvalue weighted by Gasteiger charge is -2.46. The van der Waals surface area contributed by atoms with Crippen LogP contribution in [0.5, 0.6) is 0 Å². The van der Waals surface area contributed by atoms with Crippen LogP contribution in [0.4, 0.5) is 0 Å². The van der Waals surface area contributed by atoms with Crippen molar-refractivity contribution in [1.82, 2.24) is 0 Å². The summed E-state index contributed by atoms with van der Waals surface area (Å²) in [4.78, 5) is 52.8. The van der Waals surface area contributed by atoms with E-state index in [1.807, 2.05) is 0 Å². The maximum Gasteiger partial charge on any atom is 0.339 e. The van der Waals surface area contributed by atoms with Gasteiger partial charge in [0.15, 0.2) is 5.60 Å². The van der Waals surface area contributed by atoms with Crippen LogP contribution in [-0.2, 0) is 42.9 Å². The first-order chi connectivity index (χ1) is 19.1. The van der Waals surface area contributed by atoms with Crippen LogP contribution < -0.4 is 0 Å². The number of esters is 2. The molecule has 0 aromatic carbocycles. The van der Waals surface area contributed by atoms with Gasteiger partial charge in [-0.1, -0.05) is 13.8 Å². The molecule has 0 aromatic rings. The molecule has 6 aliphatic rings. The number of fused-ring (bicyclic) bond motifs is 1. The fourth-order valence-corrected chi connectivity index (χ4v) is 8.72. The first kappa shape index (κ1) is 28.7. The van der Waals surface area contributed by atoms with Gasteiger partial charge in [0.1, 0.15) is 28.8 Å². The lowest BCUT2D eigenvalue weighted by atomic mass is 9.61. The molecule has 0 amide bonds. The standard InChI is InChI=1S/C30H38O11/c1-16(10-18-11-17(2)23(34)38-18)22(33)25(3)8-9-30(37-5)24(35)29(36)7-6-19-26(4,15-31)39-20-12-21(32)40-28(19,20)14-27(29,13-25)41-30/h10-11,16,19-20,31,36H,6-9,12-15H2,1-5H3/b18-10+/t16-,19+,20-,25-,26+,27+,28-,29-,30+/m1/s1. The highest BCUT2D eigenvalue weighted by Gasteiger charge is 2.80. The van der Waals surface area contributed by atoms with E-state index in [0.29, 0.717) is 11.3 Å². The predicted octanol–water partition coefficient (Wildman–Crippen LogP) is 1.82. The smallest absolute Gasteiger partial charge is 0.339 e. The number of aliphatic hydroxyl groups excluding tert-OH is 1. The van der Waals surface area contributed by atoms with Gasteiger partial charge in [-0.25, -0.2) is 4.79 Å². The molecule has 2 N–H and O–H groups in total. The number of allylic oxidation sites excluding steroid dienone is 2. The van der Waals surface area contributed by atoms with Crippen molar-refractivity contribution in [3.05, 3.63) is 23.5 Å². The van der Waals surface area contributed by atoms with Gasteiger partial charge in [-0.2, -0.15) is 0 Å². The normalized spacial score (nSPS) is 48.5. The molecule has 6 rings (SSSR count). The zero-order valence-electron chi connectivity index (χ0n) is 24.1. The molecule has 2 spiro atoms. The van der Waals surface area contributed by atoms with E-state index in [-0.39, 0.29) is 57.3 Å². The summed E-state index contributed by atoms with van der Waals surface area (Å²) in [5.74, 6) is -4.37. The van der Waals surface area contributed by atoms with E-state index in [4.69, 9.17) is 23.7 Å². The molecule has 1 aliphatic carbocycles. The molecule has 9 atom stereocenters. The zero-order valence-corrected chi connectivity index (χ0v) is 24.1. The van der Waals surface area contributed by atoms with E-state index in [1.165, 1.54) is 7.11 Å². The van der Waals surface area contributed by atoms with Crippen LogP contribution in [0.15, 0.2) is 23.5 Å². The van der Waals surface area contributed by atoms with Crippen molar-refractivity contribution in [2.24, 2.45) is 17.3 Å². The molecule has 224 valence electrons. The number of aliphatic hydroxyl groups is 2. The van der Waals surface area contributed by atoms with Gasteiger partial charge < -0.3 is 33.9 Å². The minimum absolute atomic E-state index is 0.0313. The van der Waals surface area contributed by atoms with Gasteiger partial charge in [0, 0.05) is 42.8 Å². The Labute approximate surface area is 238 Å². The molecule has 5 aliphatic heterocycles. The largest absolute Gasteiger partial charge is 0.456 e. The molecule has 0 unspecified atom stereocenters. The summed E-state index contributed by atoms with van der Waals surface area (Å²) in [5.41, 5.74) is -6.68. The topological polar surface area (TPSA) is 155 Å². The first-order valence-electron chi connectivity index (χ1n) is 14.3. The number of cyclic esters (lactones) is 1. The molecular formula is C30H38O11. The number of carbonyl (C=O) groups is 4. The highest BCUT2D eigenvalue weighted by atomic mass is 16.7. The van der Waals surface area contributed by atoms with Gasteiger partial charge in [0.05, 0.1) is 18.6 Å². The Kier molecular flexibility index (Phi) is 6.15. The minimum Gasteiger partial charge on any atom is -0.456 e. The van der Waals surface area contributed by atoms with Crippen LogP contribution in [0, 0.1) is 17.3 Å². The second-order valence-electron chi connectivity index (χ2n) is 13.4. The maximum atomic E-state index is 14.2. The van der Waals surface area contributed by atoms with Crippen LogP contribution in [0.3, 0.4) is 0 Å². The van der Waals surface area contributed by atoms with Gasteiger partial charge in [-0.3, -0.25) is 14.4 Å². The van der Waals surface area contributed by atoms with Crippen molar-refractivity contribution in [3.63, 3.8) is 0 Å². The van der Waals surface area contributed by atoms with Crippen LogP contribution in [0.1, 0.15) is 72.6 Å². The van der Waals surface area contributed by atoms with E-state index in [9.17, 15) is 29.4 Å². The molecule has 2 bridgehead atoms. The SMILES string of the molecule is CO[C@]12CC[C@@](C)(C(=O)[C@H](C)/C=C3\C=C(C)C(=O)O3)C[C@@]3(C[C@]45OC(=O)C[C@H]4O[C@@](C)(CO)[C@@H]5CC[C@@]3(O)C1=O)O2. The Bertz CT molecular complexity index is 1300. The van der Waals surface area contributed by atoms with Gasteiger partial charge in [-0.05, 0) is 51.7 Å². The van der Waals surface area contributed by atoms with Crippen LogP contribution in [0.25, 0.3) is 0 Å².